The number of hydrogen-bond acceptors (Lipinski definition) is 3. The number of carbonyl (C=O) groups is 1. The lowest BCUT2D eigenvalue weighted by atomic mass is 9.90. The lowest BCUT2D eigenvalue weighted by molar-refractivity contribution is -0.145. The molecule has 3 N–H and O–H groups in total. The van der Waals surface area contributed by atoms with Crippen LogP contribution in [0.4, 0.5) is 0 Å². The smallest absolute Gasteiger partial charge is 0.307 e. The molecule has 0 bridgehead atoms. The zero-order chi connectivity index (χ0) is 9.14. The van der Waals surface area contributed by atoms with Gasteiger partial charge in [-0.25, -0.2) is 0 Å². The van der Waals surface area contributed by atoms with E-state index in [2.05, 4.69) is 0 Å². The van der Waals surface area contributed by atoms with Crippen LogP contribution in [0.25, 0.3) is 0 Å². The van der Waals surface area contributed by atoms with Crippen molar-refractivity contribution in [3.63, 3.8) is 0 Å². The van der Waals surface area contributed by atoms with E-state index in [1.54, 1.807) is 0 Å². The maximum Gasteiger partial charge on any atom is 0.307 e. The predicted molar refractivity (Wildman–Crippen MR) is 41.5 cm³/mol. The minimum absolute atomic E-state index is 0.0898. The Morgan fingerprint density at radius 3 is 1.83 bits per heavy atom. The van der Waals surface area contributed by atoms with Crippen LogP contribution in [0.5, 0.6) is 0 Å². The molecule has 1 saturated carbocycles. The highest BCUT2D eigenvalue weighted by Gasteiger charge is 2.40. The molecule has 4 nitrogen and oxygen atoms in total. The first-order chi connectivity index (χ1) is 5.70. The van der Waals surface area contributed by atoms with Gasteiger partial charge < -0.3 is 15.3 Å². The van der Waals surface area contributed by atoms with Gasteiger partial charge in [-0.15, -0.1) is 0 Å². The minimum atomic E-state index is -0.898. The van der Waals surface area contributed by atoms with Crippen molar-refractivity contribution in [1.29, 1.82) is 0 Å². The fourth-order valence-corrected chi connectivity index (χ4v) is 1.99. The quantitative estimate of drug-likeness (QED) is 0.549. The second-order valence-electron chi connectivity index (χ2n) is 3.33. The summed E-state index contributed by atoms with van der Waals surface area (Å²) in [5.74, 6) is -1.79. The highest BCUT2D eigenvalue weighted by Crippen LogP contribution is 2.36. The van der Waals surface area contributed by atoms with Gasteiger partial charge in [-0.05, 0) is 24.7 Å². The molecule has 0 spiro atoms. The van der Waals surface area contributed by atoms with E-state index in [4.69, 9.17) is 15.3 Å². The zero-order valence-corrected chi connectivity index (χ0v) is 6.81. The number of carboxylic acid groups (broad SMARTS) is 1. The number of carboxylic acids is 1. The molecule has 0 heterocycles. The Morgan fingerprint density at radius 1 is 1.17 bits per heavy atom. The summed E-state index contributed by atoms with van der Waals surface area (Å²) in [7, 11) is 0. The standard InChI is InChI=1S/C8H14O4/c9-3-5-1-2-6(4-10)7(5)8(11)12/h5-7,9-10H,1-4H2,(H,11,12)/t5-,6?,7?/m1/s1. The maximum atomic E-state index is 10.7. The van der Waals surface area contributed by atoms with Crippen molar-refractivity contribution in [2.75, 3.05) is 13.2 Å². The van der Waals surface area contributed by atoms with Gasteiger partial charge in [0.1, 0.15) is 0 Å². The maximum absolute atomic E-state index is 10.7. The molecule has 0 aromatic rings. The molecule has 1 aliphatic rings. The average Bonchev–Trinajstić information content (AvgIpc) is 2.46. The largest absolute Gasteiger partial charge is 0.481 e. The van der Waals surface area contributed by atoms with Crippen LogP contribution in [-0.2, 0) is 4.79 Å². The summed E-state index contributed by atoms with van der Waals surface area (Å²) in [6.45, 7) is -0.180. The van der Waals surface area contributed by atoms with Crippen molar-refractivity contribution >= 4 is 5.97 Å². The van der Waals surface area contributed by atoms with Crippen molar-refractivity contribution in [2.24, 2.45) is 17.8 Å². The Hall–Kier alpha value is -0.610. The van der Waals surface area contributed by atoms with E-state index >= 15 is 0 Å². The molecule has 0 amide bonds. The van der Waals surface area contributed by atoms with Crippen LogP contribution in [0.2, 0.25) is 0 Å². The van der Waals surface area contributed by atoms with E-state index in [0.29, 0.717) is 12.8 Å². The Balaban J connectivity index is 2.65. The van der Waals surface area contributed by atoms with E-state index < -0.39 is 11.9 Å². The van der Waals surface area contributed by atoms with E-state index in [9.17, 15) is 4.79 Å². The number of hydrogen-bond donors (Lipinski definition) is 3. The summed E-state index contributed by atoms with van der Waals surface area (Å²) in [5.41, 5.74) is 0. The van der Waals surface area contributed by atoms with Gasteiger partial charge in [-0.3, -0.25) is 4.79 Å². The fraction of sp³-hybridized carbons (Fsp3) is 0.875. The van der Waals surface area contributed by atoms with Gasteiger partial charge in [0, 0.05) is 13.2 Å². The van der Waals surface area contributed by atoms with E-state index in [0.717, 1.165) is 0 Å². The summed E-state index contributed by atoms with van der Waals surface area (Å²) in [4.78, 5) is 10.7. The van der Waals surface area contributed by atoms with Gasteiger partial charge >= 0.3 is 5.97 Å². The van der Waals surface area contributed by atoms with Crippen molar-refractivity contribution in [1.82, 2.24) is 0 Å². The summed E-state index contributed by atoms with van der Waals surface area (Å²) in [5, 5.41) is 26.5. The summed E-state index contributed by atoms with van der Waals surface area (Å²) >= 11 is 0. The third-order valence-electron chi connectivity index (χ3n) is 2.68. The van der Waals surface area contributed by atoms with Gasteiger partial charge in [0.25, 0.3) is 0 Å². The Kier molecular flexibility index (Phi) is 3.05. The van der Waals surface area contributed by atoms with Crippen LogP contribution in [-0.4, -0.2) is 34.5 Å². The first kappa shape index (κ1) is 9.48. The lowest BCUT2D eigenvalue weighted by Gasteiger charge is -2.17. The van der Waals surface area contributed by atoms with E-state index in [-0.39, 0.29) is 25.0 Å². The molecule has 1 rings (SSSR count). The third kappa shape index (κ3) is 1.59. The molecule has 0 aromatic carbocycles. The highest BCUT2D eigenvalue weighted by molar-refractivity contribution is 5.71. The molecule has 0 radical (unpaired) electrons. The SMILES string of the molecule is O=C(O)C1C(CO)CC[C@@H]1CO. The highest BCUT2D eigenvalue weighted by atomic mass is 16.4. The topological polar surface area (TPSA) is 77.8 Å². The Labute approximate surface area is 70.8 Å². The van der Waals surface area contributed by atoms with Crippen LogP contribution in [0.1, 0.15) is 12.8 Å². The normalized spacial score (nSPS) is 35.3. The van der Waals surface area contributed by atoms with Crippen LogP contribution < -0.4 is 0 Å². The molecule has 1 aliphatic carbocycles. The van der Waals surface area contributed by atoms with Crippen molar-refractivity contribution < 1.29 is 20.1 Å². The van der Waals surface area contributed by atoms with Crippen molar-refractivity contribution in [2.45, 2.75) is 12.8 Å². The molecule has 0 saturated heterocycles. The molecule has 4 heteroatoms. The molecule has 1 fully saturated rings. The number of rotatable bonds is 3. The molecule has 70 valence electrons. The molecule has 3 atom stereocenters. The molecule has 0 aromatic heterocycles. The van der Waals surface area contributed by atoms with Gasteiger partial charge in [0.2, 0.25) is 0 Å². The van der Waals surface area contributed by atoms with Crippen molar-refractivity contribution in [3.05, 3.63) is 0 Å². The summed E-state index contributed by atoms with van der Waals surface area (Å²) in [6.07, 6.45) is 1.41. The van der Waals surface area contributed by atoms with Crippen LogP contribution in [0.15, 0.2) is 0 Å². The first-order valence-corrected chi connectivity index (χ1v) is 4.15. The fourth-order valence-electron chi connectivity index (χ4n) is 1.99. The van der Waals surface area contributed by atoms with Gasteiger partial charge in [-0.2, -0.15) is 0 Å². The molecule has 2 unspecified atom stereocenters. The monoisotopic (exact) mass is 174 g/mol. The van der Waals surface area contributed by atoms with E-state index in [1.807, 2.05) is 0 Å². The minimum Gasteiger partial charge on any atom is -0.481 e. The second-order valence-corrected chi connectivity index (χ2v) is 3.33. The van der Waals surface area contributed by atoms with Gasteiger partial charge in [0.15, 0.2) is 0 Å². The van der Waals surface area contributed by atoms with Crippen LogP contribution >= 0.6 is 0 Å². The summed E-state index contributed by atoms with van der Waals surface area (Å²) < 4.78 is 0. The molecular weight excluding hydrogens is 160 g/mol. The number of aliphatic carboxylic acids is 1. The Morgan fingerprint density at radius 2 is 1.58 bits per heavy atom. The second kappa shape index (κ2) is 3.87. The molecule has 12 heavy (non-hydrogen) atoms. The number of aliphatic hydroxyl groups is 2. The van der Waals surface area contributed by atoms with Crippen molar-refractivity contribution in [3.8, 4) is 0 Å². The zero-order valence-electron chi connectivity index (χ0n) is 6.81. The van der Waals surface area contributed by atoms with Gasteiger partial charge in [0.05, 0.1) is 5.92 Å². The van der Waals surface area contributed by atoms with Crippen LogP contribution in [0.3, 0.4) is 0 Å². The Bertz CT molecular complexity index is 156. The van der Waals surface area contributed by atoms with E-state index in [1.165, 1.54) is 0 Å². The first-order valence-electron chi connectivity index (χ1n) is 4.15. The third-order valence-corrected chi connectivity index (χ3v) is 2.68. The summed E-state index contributed by atoms with van der Waals surface area (Å²) in [6, 6.07) is 0. The van der Waals surface area contributed by atoms with Gasteiger partial charge in [-0.1, -0.05) is 0 Å². The lowest BCUT2D eigenvalue weighted by Crippen LogP contribution is -2.28. The average molecular weight is 174 g/mol. The molecule has 0 aliphatic heterocycles. The number of aliphatic hydroxyl groups excluding tert-OH is 2. The predicted octanol–water partition coefficient (Wildman–Crippen LogP) is -0.302. The van der Waals surface area contributed by atoms with Crippen LogP contribution in [0, 0.1) is 17.8 Å². The molecular formula is C8H14O4.